The van der Waals surface area contributed by atoms with Gasteiger partial charge in [-0.1, -0.05) is 6.58 Å². The second kappa shape index (κ2) is 3.55. The molecule has 1 aliphatic heterocycles. The maximum absolute atomic E-state index is 12.0. The highest BCUT2D eigenvalue weighted by Crippen LogP contribution is 2.38. The average molecular weight is 198 g/mol. The molecule has 1 rings (SSSR count). The molecule has 0 bridgehead atoms. The van der Waals surface area contributed by atoms with E-state index in [9.17, 15) is 5.21 Å². The molecule has 0 aromatic rings. The normalized spacial score (nSPS) is 27.2. The lowest BCUT2D eigenvalue weighted by atomic mass is 9.80. The Labute approximate surface area is 86.3 Å². The Bertz CT molecular complexity index is 205. The summed E-state index contributed by atoms with van der Waals surface area (Å²) in [7, 11) is 0. The van der Waals surface area contributed by atoms with E-state index in [0.717, 1.165) is 12.8 Å². The van der Waals surface area contributed by atoms with Crippen molar-refractivity contribution in [2.75, 3.05) is 0 Å². The fourth-order valence-electron chi connectivity index (χ4n) is 2.40. The highest BCUT2D eigenvalue weighted by atomic mass is 16.5. The van der Waals surface area contributed by atoms with Gasteiger partial charge in [-0.05, 0) is 27.7 Å². The minimum absolute atomic E-state index is 0.114. The van der Waals surface area contributed by atoms with Crippen LogP contribution in [0.1, 0.15) is 40.5 Å². The number of hydrogen-bond acceptors (Lipinski definition) is 3. The zero-order valence-electron chi connectivity index (χ0n) is 9.54. The van der Waals surface area contributed by atoms with Gasteiger partial charge in [-0.2, -0.15) is 0 Å². The number of hydroxylamine groups is 2. The van der Waals surface area contributed by atoms with Crippen LogP contribution in [0.5, 0.6) is 0 Å². The highest BCUT2D eigenvalue weighted by Gasteiger charge is 2.40. The van der Waals surface area contributed by atoms with Crippen molar-refractivity contribution in [3.05, 3.63) is 18.0 Å². The van der Waals surface area contributed by atoms with Gasteiger partial charge < -0.3 is 15.0 Å². The second-order valence-corrected chi connectivity index (χ2v) is 5.25. The van der Waals surface area contributed by atoms with E-state index in [0.29, 0.717) is 0 Å². The van der Waals surface area contributed by atoms with Crippen molar-refractivity contribution in [3.8, 4) is 0 Å². The van der Waals surface area contributed by atoms with Gasteiger partial charge in [0, 0.05) is 23.9 Å². The van der Waals surface area contributed by atoms with Gasteiger partial charge in [0.25, 0.3) is 0 Å². The molecule has 1 aliphatic rings. The van der Waals surface area contributed by atoms with E-state index in [-0.39, 0.29) is 17.2 Å². The van der Waals surface area contributed by atoms with Crippen LogP contribution in [-0.4, -0.2) is 22.2 Å². The summed E-state index contributed by atoms with van der Waals surface area (Å²) in [6, 6.07) is 0. The minimum Gasteiger partial charge on any atom is -0.784 e. The van der Waals surface area contributed by atoms with E-state index < -0.39 is 0 Å². The van der Waals surface area contributed by atoms with E-state index in [2.05, 4.69) is 6.58 Å². The maximum atomic E-state index is 12.0. The number of piperidine rings is 1. The summed E-state index contributed by atoms with van der Waals surface area (Å²) in [6.45, 7) is 11.4. The van der Waals surface area contributed by atoms with Crippen LogP contribution in [0, 0.1) is 5.21 Å². The van der Waals surface area contributed by atoms with Gasteiger partial charge in [0.2, 0.25) is 0 Å². The van der Waals surface area contributed by atoms with Crippen molar-refractivity contribution in [2.24, 2.45) is 0 Å². The lowest BCUT2D eigenvalue weighted by Crippen LogP contribution is -2.59. The lowest BCUT2D eigenvalue weighted by Gasteiger charge is -2.59. The molecule has 0 spiro atoms. The van der Waals surface area contributed by atoms with E-state index in [1.54, 1.807) is 0 Å². The molecule has 0 radical (unpaired) electrons. The molecule has 0 unspecified atom stereocenters. The first-order chi connectivity index (χ1) is 6.29. The van der Waals surface area contributed by atoms with Gasteiger partial charge in [0.1, 0.15) is 6.10 Å². The van der Waals surface area contributed by atoms with Crippen LogP contribution in [0.2, 0.25) is 0 Å². The summed E-state index contributed by atoms with van der Waals surface area (Å²) in [6.07, 6.45) is 3.09. The molecule has 14 heavy (non-hydrogen) atoms. The molecule has 0 aromatic heterocycles. The molecule has 0 atom stereocenters. The van der Waals surface area contributed by atoms with Crippen LogP contribution in [0.4, 0.5) is 0 Å². The Morgan fingerprint density at radius 3 is 2.07 bits per heavy atom. The van der Waals surface area contributed by atoms with Crippen molar-refractivity contribution in [3.63, 3.8) is 0 Å². The van der Waals surface area contributed by atoms with Gasteiger partial charge in [-0.3, -0.25) is 0 Å². The number of nitrogens with zero attached hydrogens (tertiary/aromatic N) is 1. The van der Waals surface area contributed by atoms with Crippen LogP contribution in [0.3, 0.4) is 0 Å². The molecule has 3 heteroatoms. The SMILES string of the molecule is C=COC1CC(C)(C)N([O-])C(C)(C)C1. The largest absolute Gasteiger partial charge is 0.784 e. The predicted octanol–water partition coefficient (Wildman–Crippen LogP) is 2.67. The first-order valence-electron chi connectivity index (χ1n) is 5.03. The van der Waals surface area contributed by atoms with Crippen molar-refractivity contribution < 1.29 is 4.74 Å². The predicted molar refractivity (Wildman–Crippen MR) is 57.7 cm³/mol. The van der Waals surface area contributed by atoms with Crippen molar-refractivity contribution in [2.45, 2.75) is 57.7 Å². The standard InChI is InChI=1S/C11H20NO2/c1-6-14-9-7-10(2,3)12(13)11(4,5)8-9/h6,9H,1,7-8H2,2-5H3/q-1. The fourth-order valence-corrected chi connectivity index (χ4v) is 2.40. The first kappa shape index (κ1) is 11.5. The van der Waals surface area contributed by atoms with E-state index in [1.807, 2.05) is 27.7 Å². The van der Waals surface area contributed by atoms with Crippen LogP contribution in [0.15, 0.2) is 12.8 Å². The van der Waals surface area contributed by atoms with Crippen LogP contribution in [0.25, 0.3) is 0 Å². The quantitative estimate of drug-likeness (QED) is 0.640. The molecular weight excluding hydrogens is 178 g/mol. The summed E-state index contributed by atoms with van der Waals surface area (Å²) < 4.78 is 5.40. The molecule has 0 N–H and O–H groups in total. The Balaban J connectivity index is 2.80. The Hall–Kier alpha value is -0.540. The third-order valence-electron chi connectivity index (χ3n) is 2.84. The van der Waals surface area contributed by atoms with Crippen LogP contribution >= 0.6 is 0 Å². The summed E-state index contributed by atoms with van der Waals surface area (Å²) in [5, 5.41) is 13.2. The second-order valence-electron chi connectivity index (χ2n) is 5.25. The summed E-state index contributed by atoms with van der Waals surface area (Å²) >= 11 is 0. The van der Waals surface area contributed by atoms with Gasteiger partial charge in [0.15, 0.2) is 0 Å². The third-order valence-corrected chi connectivity index (χ3v) is 2.84. The molecule has 0 aromatic carbocycles. The number of ether oxygens (including phenoxy) is 1. The van der Waals surface area contributed by atoms with Crippen LogP contribution in [-0.2, 0) is 4.74 Å². The van der Waals surface area contributed by atoms with Crippen molar-refractivity contribution in [1.29, 1.82) is 0 Å². The van der Waals surface area contributed by atoms with Gasteiger partial charge in [0.05, 0.1) is 6.26 Å². The molecule has 1 heterocycles. The maximum Gasteiger partial charge on any atom is 0.101 e. The monoisotopic (exact) mass is 198 g/mol. The number of rotatable bonds is 2. The van der Waals surface area contributed by atoms with Gasteiger partial charge in [-0.15, -0.1) is 0 Å². The van der Waals surface area contributed by atoms with Gasteiger partial charge >= 0.3 is 0 Å². The molecule has 0 saturated carbocycles. The summed E-state index contributed by atoms with van der Waals surface area (Å²) in [4.78, 5) is 0. The lowest BCUT2D eigenvalue weighted by molar-refractivity contribution is -0.0547. The molecule has 3 nitrogen and oxygen atoms in total. The minimum atomic E-state index is -0.352. The average Bonchev–Trinajstić information content (AvgIpc) is 1.99. The molecule has 82 valence electrons. The topological polar surface area (TPSA) is 35.5 Å². The van der Waals surface area contributed by atoms with Gasteiger partial charge in [-0.25, -0.2) is 0 Å². The zero-order valence-corrected chi connectivity index (χ0v) is 9.54. The van der Waals surface area contributed by atoms with E-state index >= 15 is 0 Å². The van der Waals surface area contributed by atoms with E-state index in [1.165, 1.54) is 11.3 Å². The molecular formula is C11H20NO2-. The zero-order chi connectivity index (χ0) is 11.0. The smallest absolute Gasteiger partial charge is 0.101 e. The van der Waals surface area contributed by atoms with E-state index in [4.69, 9.17) is 4.74 Å². The summed E-state index contributed by atoms with van der Waals surface area (Å²) in [5.74, 6) is 0. The first-order valence-corrected chi connectivity index (χ1v) is 5.03. The Morgan fingerprint density at radius 1 is 1.29 bits per heavy atom. The molecule has 0 aliphatic carbocycles. The third kappa shape index (κ3) is 2.10. The van der Waals surface area contributed by atoms with Crippen molar-refractivity contribution in [1.82, 2.24) is 5.06 Å². The Morgan fingerprint density at radius 2 is 1.71 bits per heavy atom. The fraction of sp³-hybridized carbons (Fsp3) is 0.818. The molecule has 1 fully saturated rings. The summed E-state index contributed by atoms with van der Waals surface area (Å²) in [5.41, 5.74) is -0.704. The van der Waals surface area contributed by atoms with Crippen LogP contribution < -0.4 is 0 Å². The molecule has 1 saturated heterocycles. The van der Waals surface area contributed by atoms with Crippen molar-refractivity contribution >= 4 is 0 Å². The Kier molecular flexibility index (Phi) is 2.93. The number of hydrogen-bond donors (Lipinski definition) is 0. The highest BCUT2D eigenvalue weighted by molar-refractivity contribution is 5.01. The molecule has 0 amide bonds.